The minimum atomic E-state index is -0.372. The first-order valence-electron chi connectivity index (χ1n) is 9.66. The Morgan fingerprint density at radius 2 is 1.83 bits per heavy atom. The van der Waals surface area contributed by atoms with Crippen molar-refractivity contribution in [1.82, 2.24) is 10.6 Å². The fraction of sp³-hybridized carbons (Fsp3) is 0.318. The molecular weight excluding hydrogens is 402 g/mol. The minimum absolute atomic E-state index is 0.00296. The smallest absolute Gasteiger partial charge is 0.257 e. The van der Waals surface area contributed by atoms with Gasteiger partial charge in [-0.25, -0.2) is 0 Å². The first-order chi connectivity index (χ1) is 14.4. The molecule has 0 fully saturated rings. The van der Waals surface area contributed by atoms with Gasteiger partial charge in [-0.3, -0.25) is 14.9 Å². The lowest BCUT2D eigenvalue weighted by Gasteiger charge is -2.14. The molecule has 0 aromatic heterocycles. The molecule has 2 aromatic rings. The number of thiocarbonyl (C=S) groups is 1. The lowest BCUT2D eigenvalue weighted by Crippen LogP contribution is -2.35. The first-order valence-corrected chi connectivity index (χ1v) is 10.1. The summed E-state index contributed by atoms with van der Waals surface area (Å²) in [5.74, 6) is -0.00270. The average molecular weight is 430 g/mol. The molecule has 3 N–H and O–H groups in total. The van der Waals surface area contributed by atoms with Gasteiger partial charge in [0.2, 0.25) is 0 Å². The van der Waals surface area contributed by atoms with Crippen molar-refractivity contribution in [2.24, 2.45) is 0 Å². The normalized spacial score (nSPS) is 10.4. The van der Waals surface area contributed by atoms with Gasteiger partial charge in [-0.15, -0.1) is 0 Å². The first kappa shape index (κ1) is 23.3. The number of hydrogen-bond donors (Lipinski definition) is 3. The van der Waals surface area contributed by atoms with Gasteiger partial charge in [0, 0.05) is 25.8 Å². The van der Waals surface area contributed by atoms with Crippen molar-refractivity contribution >= 4 is 34.8 Å². The van der Waals surface area contributed by atoms with E-state index in [9.17, 15) is 9.59 Å². The maximum Gasteiger partial charge on any atom is 0.257 e. The van der Waals surface area contributed by atoms with Crippen LogP contribution in [0.3, 0.4) is 0 Å². The lowest BCUT2D eigenvalue weighted by molar-refractivity contribution is 0.0947. The van der Waals surface area contributed by atoms with E-state index in [2.05, 4.69) is 16.0 Å². The highest BCUT2D eigenvalue weighted by molar-refractivity contribution is 7.80. The summed E-state index contributed by atoms with van der Waals surface area (Å²) in [6, 6.07) is 13.8. The zero-order chi connectivity index (χ0) is 21.9. The van der Waals surface area contributed by atoms with E-state index < -0.39 is 0 Å². The van der Waals surface area contributed by atoms with Gasteiger partial charge < -0.3 is 20.1 Å². The second kappa shape index (κ2) is 11.9. The summed E-state index contributed by atoms with van der Waals surface area (Å²) in [4.78, 5) is 25.0. The molecule has 0 aliphatic heterocycles. The van der Waals surface area contributed by atoms with Crippen LogP contribution >= 0.6 is 12.2 Å². The second-order valence-electron chi connectivity index (χ2n) is 6.75. The fourth-order valence-corrected chi connectivity index (χ4v) is 2.82. The van der Waals surface area contributed by atoms with Crippen LogP contribution in [-0.4, -0.2) is 43.3 Å². The third kappa shape index (κ3) is 7.46. The zero-order valence-corrected chi connectivity index (χ0v) is 18.2. The van der Waals surface area contributed by atoms with Crippen molar-refractivity contribution in [3.05, 3.63) is 59.7 Å². The molecule has 0 heterocycles. The molecule has 2 rings (SSSR count). The number of hydrogen-bond acceptors (Lipinski definition) is 5. The van der Waals surface area contributed by atoms with E-state index in [0.717, 1.165) is 0 Å². The van der Waals surface area contributed by atoms with E-state index >= 15 is 0 Å². The SMILES string of the molecule is COCCCNC(=O)c1ccccc1NC(=S)NC(=O)c1cccc(OC(C)C)c1. The maximum absolute atomic E-state index is 12.5. The number of benzene rings is 2. The van der Waals surface area contributed by atoms with Crippen molar-refractivity contribution in [1.29, 1.82) is 0 Å². The Morgan fingerprint density at radius 1 is 1.07 bits per heavy atom. The summed E-state index contributed by atoms with van der Waals surface area (Å²) in [6.45, 7) is 4.89. The van der Waals surface area contributed by atoms with Gasteiger partial charge in [-0.1, -0.05) is 18.2 Å². The molecule has 0 bridgehead atoms. The number of nitrogens with one attached hydrogen (secondary N) is 3. The zero-order valence-electron chi connectivity index (χ0n) is 17.4. The molecule has 0 unspecified atom stereocenters. The number of rotatable bonds is 9. The average Bonchev–Trinajstić information content (AvgIpc) is 2.71. The maximum atomic E-state index is 12.5. The highest BCUT2D eigenvalue weighted by Crippen LogP contribution is 2.16. The van der Waals surface area contributed by atoms with E-state index in [0.29, 0.717) is 42.1 Å². The third-order valence-electron chi connectivity index (χ3n) is 3.93. The summed E-state index contributed by atoms with van der Waals surface area (Å²) in [5.41, 5.74) is 1.35. The van der Waals surface area contributed by atoms with Gasteiger partial charge in [0.15, 0.2) is 5.11 Å². The molecule has 2 aromatic carbocycles. The van der Waals surface area contributed by atoms with E-state index in [-0.39, 0.29) is 23.0 Å². The van der Waals surface area contributed by atoms with Gasteiger partial charge in [-0.2, -0.15) is 0 Å². The van der Waals surface area contributed by atoms with Crippen LogP contribution in [0.1, 0.15) is 41.0 Å². The molecule has 0 atom stereocenters. The standard InChI is InChI=1S/C22H27N3O4S/c1-15(2)29-17-9-6-8-16(14-17)20(26)25-22(30)24-19-11-5-4-10-18(19)21(27)23-12-7-13-28-3/h4-6,8-11,14-15H,7,12-13H2,1-3H3,(H,23,27)(H2,24,25,26,30). The van der Waals surface area contributed by atoms with E-state index in [1.807, 2.05) is 13.8 Å². The van der Waals surface area contributed by atoms with Crippen LogP contribution in [0.5, 0.6) is 5.75 Å². The molecule has 0 aliphatic rings. The number of para-hydroxylation sites is 1. The van der Waals surface area contributed by atoms with Crippen LogP contribution in [0.25, 0.3) is 0 Å². The van der Waals surface area contributed by atoms with Crippen LogP contribution < -0.4 is 20.7 Å². The molecule has 0 spiro atoms. The Balaban J connectivity index is 1.99. The third-order valence-corrected chi connectivity index (χ3v) is 4.13. The Hall–Kier alpha value is -2.97. The quantitative estimate of drug-likeness (QED) is 0.418. The molecule has 0 saturated carbocycles. The Morgan fingerprint density at radius 3 is 2.57 bits per heavy atom. The summed E-state index contributed by atoms with van der Waals surface area (Å²) >= 11 is 5.26. The van der Waals surface area contributed by atoms with Crippen LogP contribution in [0.15, 0.2) is 48.5 Å². The monoisotopic (exact) mass is 429 g/mol. The van der Waals surface area contributed by atoms with Crippen LogP contribution in [0.4, 0.5) is 5.69 Å². The number of ether oxygens (including phenoxy) is 2. The molecule has 160 valence electrons. The Bertz CT molecular complexity index is 886. The van der Waals surface area contributed by atoms with Gasteiger partial charge in [-0.05, 0) is 62.8 Å². The lowest BCUT2D eigenvalue weighted by atomic mass is 10.1. The van der Waals surface area contributed by atoms with Crippen molar-refractivity contribution in [3.8, 4) is 5.75 Å². The predicted octanol–water partition coefficient (Wildman–Crippen LogP) is 3.37. The molecular formula is C22H27N3O4S. The minimum Gasteiger partial charge on any atom is -0.491 e. The number of carbonyl (C=O) groups is 2. The van der Waals surface area contributed by atoms with Crippen molar-refractivity contribution in [3.63, 3.8) is 0 Å². The van der Waals surface area contributed by atoms with E-state index in [4.69, 9.17) is 21.7 Å². The largest absolute Gasteiger partial charge is 0.491 e. The summed E-state index contributed by atoms with van der Waals surface area (Å²) in [5, 5.41) is 8.48. The summed E-state index contributed by atoms with van der Waals surface area (Å²) in [7, 11) is 1.61. The van der Waals surface area contributed by atoms with Gasteiger partial charge >= 0.3 is 0 Å². The Labute approximate surface area is 182 Å². The topological polar surface area (TPSA) is 88.7 Å². The van der Waals surface area contributed by atoms with Gasteiger partial charge in [0.05, 0.1) is 17.4 Å². The summed E-state index contributed by atoms with van der Waals surface area (Å²) < 4.78 is 10.6. The molecule has 7 nitrogen and oxygen atoms in total. The van der Waals surface area contributed by atoms with Crippen molar-refractivity contribution < 1.29 is 19.1 Å². The van der Waals surface area contributed by atoms with Crippen LogP contribution in [0.2, 0.25) is 0 Å². The van der Waals surface area contributed by atoms with Crippen LogP contribution in [0, 0.1) is 0 Å². The van der Waals surface area contributed by atoms with Gasteiger partial charge in [0.25, 0.3) is 11.8 Å². The highest BCUT2D eigenvalue weighted by atomic mass is 32.1. The molecule has 0 aliphatic carbocycles. The van der Waals surface area contributed by atoms with Crippen molar-refractivity contribution in [2.45, 2.75) is 26.4 Å². The Kier molecular flexibility index (Phi) is 9.24. The molecule has 2 amide bonds. The number of carbonyl (C=O) groups excluding carboxylic acids is 2. The van der Waals surface area contributed by atoms with Gasteiger partial charge in [0.1, 0.15) is 5.75 Å². The highest BCUT2D eigenvalue weighted by Gasteiger charge is 2.14. The molecule has 0 radical (unpaired) electrons. The fourth-order valence-electron chi connectivity index (χ4n) is 2.62. The molecule has 30 heavy (non-hydrogen) atoms. The molecule has 8 heteroatoms. The molecule has 0 saturated heterocycles. The van der Waals surface area contributed by atoms with E-state index in [1.165, 1.54) is 0 Å². The van der Waals surface area contributed by atoms with Crippen molar-refractivity contribution in [2.75, 3.05) is 25.6 Å². The van der Waals surface area contributed by atoms with E-state index in [1.54, 1.807) is 55.6 Å². The predicted molar refractivity (Wildman–Crippen MR) is 121 cm³/mol. The number of anilines is 1. The second-order valence-corrected chi connectivity index (χ2v) is 7.16. The summed E-state index contributed by atoms with van der Waals surface area (Å²) in [6.07, 6.45) is 0.717. The number of amides is 2. The van der Waals surface area contributed by atoms with Crippen LogP contribution in [-0.2, 0) is 4.74 Å². The number of methoxy groups -OCH3 is 1.